The summed E-state index contributed by atoms with van der Waals surface area (Å²) in [6, 6.07) is 14.4. The molecule has 1 aliphatic heterocycles. The molecule has 1 aromatic heterocycles. The molecule has 0 bridgehead atoms. The first-order valence-electron chi connectivity index (χ1n) is 11.1. The zero-order valence-corrected chi connectivity index (χ0v) is 20.6. The number of aryl methyl sites for hydroxylation is 2. The van der Waals surface area contributed by atoms with Gasteiger partial charge in [-0.3, -0.25) is 4.79 Å². The molecule has 3 aromatic rings. The van der Waals surface area contributed by atoms with Crippen molar-refractivity contribution in [1.29, 1.82) is 0 Å². The van der Waals surface area contributed by atoms with Gasteiger partial charge >= 0.3 is 0 Å². The molecule has 4 rings (SSSR count). The van der Waals surface area contributed by atoms with Gasteiger partial charge in [-0.05, 0) is 68.8 Å². The monoisotopic (exact) mass is 483 g/mol. The van der Waals surface area contributed by atoms with Crippen LogP contribution in [0.2, 0.25) is 0 Å². The number of rotatable bonds is 6. The topological polar surface area (TPSA) is 89.9 Å². The van der Waals surface area contributed by atoms with Gasteiger partial charge in [0.1, 0.15) is 5.75 Å². The standard InChI is InChI=1S/C25H29N3O5S/c1-17-5-6-20(16-24(17)34(30,31)27-11-13-33-14-12-27)26-25(29)23-15-18(2)28(19(23)3)21-7-9-22(32-4)10-8-21/h5-10,15-16H,11-14H2,1-4H3,(H,26,29). The quantitative estimate of drug-likeness (QED) is 0.578. The SMILES string of the molecule is COc1ccc(-n2c(C)cc(C(=O)Nc3ccc(C)c(S(=O)(=O)N4CCOCC4)c3)c2C)cc1. The molecule has 0 saturated carbocycles. The summed E-state index contributed by atoms with van der Waals surface area (Å²) in [5.74, 6) is 0.456. The minimum Gasteiger partial charge on any atom is -0.497 e. The van der Waals surface area contributed by atoms with Crippen LogP contribution < -0.4 is 10.1 Å². The maximum absolute atomic E-state index is 13.2. The van der Waals surface area contributed by atoms with Gasteiger partial charge in [0.15, 0.2) is 0 Å². The number of amides is 1. The molecular formula is C25H29N3O5S. The fourth-order valence-corrected chi connectivity index (χ4v) is 5.86. The Bertz CT molecular complexity index is 1310. The average Bonchev–Trinajstić information content (AvgIpc) is 3.14. The molecule has 1 aliphatic rings. The van der Waals surface area contributed by atoms with Crippen molar-refractivity contribution in [2.24, 2.45) is 0 Å². The first-order chi connectivity index (χ1) is 16.2. The van der Waals surface area contributed by atoms with Crippen molar-refractivity contribution in [3.63, 3.8) is 0 Å². The van der Waals surface area contributed by atoms with Crippen LogP contribution >= 0.6 is 0 Å². The van der Waals surface area contributed by atoms with Gasteiger partial charge in [-0.1, -0.05) is 6.07 Å². The molecule has 8 nitrogen and oxygen atoms in total. The van der Waals surface area contributed by atoms with E-state index in [4.69, 9.17) is 9.47 Å². The maximum Gasteiger partial charge on any atom is 0.257 e. The van der Waals surface area contributed by atoms with Crippen molar-refractivity contribution in [2.75, 3.05) is 38.7 Å². The van der Waals surface area contributed by atoms with Crippen molar-refractivity contribution < 1.29 is 22.7 Å². The molecule has 0 atom stereocenters. The third-order valence-corrected chi connectivity index (χ3v) is 8.08. The van der Waals surface area contributed by atoms with Crippen LogP contribution in [-0.2, 0) is 14.8 Å². The number of nitrogens with zero attached hydrogens (tertiary/aromatic N) is 2. The van der Waals surface area contributed by atoms with E-state index >= 15 is 0 Å². The Labute approximate surface area is 200 Å². The summed E-state index contributed by atoms with van der Waals surface area (Å²) in [4.78, 5) is 13.3. The van der Waals surface area contributed by atoms with Crippen LogP contribution in [0.1, 0.15) is 27.3 Å². The first-order valence-corrected chi connectivity index (χ1v) is 12.5. The summed E-state index contributed by atoms with van der Waals surface area (Å²) < 4.78 is 40.3. The number of sulfonamides is 1. The van der Waals surface area contributed by atoms with Crippen molar-refractivity contribution in [3.05, 3.63) is 71.0 Å². The van der Waals surface area contributed by atoms with Crippen LogP contribution in [0.15, 0.2) is 53.4 Å². The smallest absolute Gasteiger partial charge is 0.257 e. The number of anilines is 1. The van der Waals surface area contributed by atoms with Gasteiger partial charge in [-0.2, -0.15) is 4.31 Å². The number of ether oxygens (including phenoxy) is 2. The second kappa shape index (κ2) is 9.61. The molecule has 0 spiro atoms. The minimum atomic E-state index is -3.68. The van der Waals surface area contributed by atoms with Gasteiger partial charge < -0.3 is 19.4 Å². The number of hydrogen-bond donors (Lipinski definition) is 1. The van der Waals surface area contributed by atoms with E-state index in [0.29, 0.717) is 43.1 Å². The lowest BCUT2D eigenvalue weighted by Gasteiger charge is -2.26. The predicted octanol–water partition coefficient (Wildman–Crippen LogP) is 3.68. The van der Waals surface area contributed by atoms with Gasteiger partial charge in [-0.15, -0.1) is 0 Å². The van der Waals surface area contributed by atoms with E-state index in [9.17, 15) is 13.2 Å². The largest absolute Gasteiger partial charge is 0.497 e. The average molecular weight is 484 g/mol. The Morgan fingerprint density at radius 2 is 1.68 bits per heavy atom. The summed E-state index contributed by atoms with van der Waals surface area (Å²) in [7, 11) is -2.06. The van der Waals surface area contributed by atoms with Crippen LogP contribution in [0.4, 0.5) is 5.69 Å². The van der Waals surface area contributed by atoms with Gasteiger partial charge in [0.2, 0.25) is 10.0 Å². The van der Waals surface area contributed by atoms with E-state index in [2.05, 4.69) is 5.32 Å². The number of benzene rings is 2. The maximum atomic E-state index is 13.2. The van der Waals surface area contributed by atoms with E-state index < -0.39 is 10.0 Å². The zero-order chi connectivity index (χ0) is 24.5. The lowest BCUT2D eigenvalue weighted by molar-refractivity contribution is 0.0730. The Morgan fingerprint density at radius 1 is 1.00 bits per heavy atom. The molecule has 34 heavy (non-hydrogen) atoms. The van der Waals surface area contributed by atoms with Crippen LogP contribution in [-0.4, -0.2) is 56.6 Å². The first kappa shape index (κ1) is 24.0. The molecule has 0 radical (unpaired) electrons. The number of carbonyl (C=O) groups is 1. The number of aromatic nitrogens is 1. The highest BCUT2D eigenvalue weighted by Crippen LogP contribution is 2.27. The highest BCUT2D eigenvalue weighted by atomic mass is 32.2. The van der Waals surface area contributed by atoms with Gasteiger partial charge in [0, 0.05) is 35.9 Å². The van der Waals surface area contributed by atoms with Crippen molar-refractivity contribution in [2.45, 2.75) is 25.7 Å². The minimum absolute atomic E-state index is 0.191. The molecule has 1 amide bonds. The second-order valence-electron chi connectivity index (χ2n) is 8.27. The number of methoxy groups -OCH3 is 1. The Hall–Kier alpha value is -3.14. The number of carbonyl (C=O) groups excluding carboxylic acids is 1. The van der Waals surface area contributed by atoms with E-state index in [1.807, 2.05) is 48.7 Å². The molecule has 1 saturated heterocycles. The van der Waals surface area contributed by atoms with Crippen LogP contribution in [0, 0.1) is 20.8 Å². The summed E-state index contributed by atoms with van der Waals surface area (Å²) in [5, 5.41) is 2.87. The molecule has 1 fully saturated rings. The lowest BCUT2D eigenvalue weighted by atomic mass is 10.2. The van der Waals surface area contributed by atoms with E-state index in [-0.39, 0.29) is 10.8 Å². The van der Waals surface area contributed by atoms with Crippen molar-refractivity contribution in [3.8, 4) is 11.4 Å². The molecule has 9 heteroatoms. The lowest BCUT2D eigenvalue weighted by Crippen LogP contribution is -2.40. The third-order valence-electron chi connectivity index (χ3n) is 6.04. The molecule has 180 valence electrons. The van der Waals surface area contributed by atoms with Crippen LogP contribution in [0.3, 0.4) is 0 Å². The Morgan fingerprint density at radius 3 is 2.32 bits per heavy atom. The summed E-state index contributed by atoms with van der Waals surface area (Å²) in [6.45, 7) is 6.95. The third kappa shape index (κ3) is 4.59. The molecule has 0 unspecified atom stereocenters. The summed E-state index contributed by atoms with van der Waals surface area (Å²) in [5.41, 5.74) is 4.19. The Balaban J connectivity index is 1.60. The zero-order valence-electron chi connectivity index (χ0n) is 19.8. The molecule has 2 heterocycles. The van der Waals surface area contributed by atoms with Gasteiger partial charge in [-0.25, -0.2) is 8.42 Å². The molecule has 0 aliphatic carbocycles. The molecule has 2 aromatic carbocycles. The Kier molecular flexibility index (Phi) is 6.79. The van der Waals surface area contributed by atoms with Crippen LogP contribution in [0.5, 0.6) is 5.75 Å². The summed E-state index contributed by atoms with van der Waals surface area (Å²) >= 11 is 0. The number of hydrogen-bond acceptors (Lipinski definition) is 5. The molecular weight excluding hydrogens is 454 g/mol. The summed E-state index contributed by atoms with van der Waals surface area (Å²) in [6.07, 6.45) is 0. The van der Waals surface area contributed by atoms with Gasteiger partial charge in [0.05, 0.1) is 30.8 Å². The van der Waals surface area contributed by atoms with Crippen molar-refractivity contribution >= 4 is 21.6 Å². The molecule has 1 N–H and O–H groups in total. The highest BCUT2D eigenvalue weighted by Gasteiger charge is 2.28. The van der Waals surface area contributed by atoms with E-state index in [1.165, 1.54) is 10.4 Å². The van der Waals surface area contributed by atoms with Gasteiger partial charge in [0.25, 0.3) is 5.91 Å². The number of morpholine rings is 1. The fourth-order valence-electron chi connectivity index (χ4n) is 4.20. The van der Waals surface area contributed by atoms with Crippen molar-refractivity contribution in [1.82, 2.24) is 8.87 Å². The van der Waals surface area contributed by atoms with E-state index in [0.717, 1.165) is 22.8 Å². The highest BCUT2D eigenvalue weighted by molar-refractivity contribution is 7.89. The number of nitrogens with one attached hydrogen (secondary N) is 1. The predicted molar refractivity (Wildman–Crippen MR) is 131 cm³/mol. The van der Waals surface area contributed by atoms with E-state index in [1.54, 1.807) is 26.2 Å². The normalized spacial score (nSPS) is 14.7. The van der Waals surface area contributed by atoms with Crippen LogP contribution in [0.25, 0.3) is 5.69 Å². The fraction of sp³-hybridized carbons (Fsp3) is 0.320. The second-order valence-corrected chi connectivity index (χ2v) is 10.2.